The molecule has 4 heteroatoms. The molecule has 14 heavy (non-hydrogen) atoms. The molecule has 0 aromatic heterocycles. The monoisotopic (exact) mass is 255 g/mol. The third-order valence-corrected chi connectivity index (χ3v) is 2.84. The highest BCUT2D eigenvalue weighted by Crippen LogP contribution is 2.21. The highest BCUT2D eigenvalue weighted by Gasteiger charge is 2.31. The van der Waals surface area contributed by atoms with Gasteiger partial charge in [0.1, 0.15) is 6.10 Å². The second-order valence-electron chi connectivity index (χ2n) is 3.11. The van der Waals surface area contributed by atoms with Crippen molar-refractivity contribution < 1.29 is 9.53 Å². The summed E-state index contributed by atoms with van der Waals surface area (Å²) in [6.45, 7) is 0.619. The van der Waals surface area contributed by atoms with Crippen molar-refractivity contribution in [2.75, 3.05) is 16.8 Å². The van der Waals surface area contributed by atoms with Gasteiger partial charge in [0.2, 0.25) is 0 Å². The summed E-state index contributed by atoms with van der Waals surface area (Å²) in [5.74, 6) is 0. The molecule has 1 fully saturated rings. The number of carbonyl (C=O) groups excluding carboxylic acids is 1. The van der Waals surface area contributed by atoms with Gasteiger partial charge < -0.3 is 4.74 Å². The molecule has 74 valence electrons. The lowest BCUT2D eigenvalue weighted by atomic mass is 10.3. The van der Waals surface area contributed by atoms with Gasteiger partial charge in [0.05, 0.1) is 6.54 Å². The quantitative estimate of drug-likeness (QED) is 0.760. The molecule has 0 unspecified atom stereocenters. The summed E-state index contributed by atoms with van der Waals surface area (Å²) in [4.78, 5) is 13.1. The number of rotatable bonds is 2. The first-order valence-electron chi connectivity index (χ1n) is 4.40. The van der Waals surface area contributed by atoms with E-state index >= 15 is 0 Å². The summed E-state index contributed by atoms with van der Waals surface area (Å²) in [7, 11) is 0. The molecule has 0 N–H and O–H groups in total. The molecular formula is C10H10BrNO2. The molecule has 1 amide bonds. The molecule has 1 aliphatic rings. The number of para-hydroxylation sites is 1. The zero-order chi connectivity index (χ0) is 9.97. The van der Waals surface area contributed by atoms with Crippen molar-refractivity contribution >= 4 is 27.7 Å². The molecule has 1 aliphatic heterocycles. The second-order valence-corrected chi connectivity index (χ2v) is 3.75. The molecule has 0 aliphatic carbocycles. The Bertz CT molecular complexity index is 328. The van der Waals surface area contributed by atoms with E-state index in [0.717, 1.165) is 5.69 Å². The number of nitrogens with zero attached hydrogens (tertiary/aromatic N) is 1. The van der Waals surface area contributed by atoms with Crippen LogP contribution in [0.15, 0.2) is 30.3 Å². The van der Waals surface area contributed by atoms with Gasteiger partial charge in [-0.3, -0.25) is 4.90 Å². The van der Waals surface area contributed by atoms with Gasteiger partial charge in [-0.05, 0) is 12.1 Å². The minimum atomic E-state index is -0.263. The minimum absolute atomic E-state index is 0.0392. The molecule has 1 aromatic carbocycles. The Balaban J connectivity index is 2.17. The number of anilines is 1. The van der Waals surface area contributed by atoms with Crippen LogP contribution in [0.4, 0.5) is 10.5 Å². The molecule has 0 saturated carbocycles. The Morgan fingerprint density at radius 2 is 2.14 bits per heavy atom. The number of ether oxygens (including phenoxy) is 1. The van der Waals surface area contributed by atoms with Crippen LogP contribution in [-0.4, -0.2) is 24.1 Å². The van der Waals surface area contributed by atoms with Gasteiger partial charge in [-0.25, -0.2) is 4.79 Å². The standard InChI is InChI=1S/C10H10BrNO2/c11-6-9-7-12(10(13)14-9)8-4-2-1-3-5-8/h1-5,9H,6-7H2/t9-/m1/s1. The fourth-order valence-corrected chi connectivity index (χ4v) is 1.76. The van der Waals surface area contributed by atoms with Gasteiger partial charge in [-0.1, -0.05) is 34.1 Å². The smallest absolute Gasteiger partial charge is 0.414 e. The fraction of sp³-hybridized carbons (Fsp3) is 0.300. The van der Waals surface area contributed by atoms with E-state index in [-0.39, 0.29) is 12.2 Å². The zero-order valence-electron chi connectivity index (χ0n) is 7.52. The lowest BCUT2D eigenvalue weighted by molar-refractivity contribution is 0.152. The summed E-state index contributed by atoms with van der Waals surface area (Å²) in [6.07, 6.45) is -0.302. The van der Waals surface area contributed by atoms with Crippen molar-refractivity contribution in [3.63, 3.8) is 0 Å². The van der Waals surface area contributed by atoms with E-state index in [9.17, 15) is 4.79 Å². The third-order valence-electron chi connectivity index (χ3n) is 2.11. The first kappa shape index (κ1) is 9.52. The Kier molecular flexibility index (Phi) is 2.72. The summed E-state index contributed by atoms with van der Waals surface area (Å²) in [5, 5.41) is 0.683. The number of benzene rings is 1. The lowest BCUT2D eigenvalue weighted by Gasteiger charge is -2.11. The van der Waals surface area contributed by atoms with Gasteiger partial charge in [-0.15, -0.1) is 0 Å². The number of amides is 1. The van der Waals surface area contributed by atoms with Gasteiger partial charge in [0.25, 0.3) is 0 Å². The molecule has 3 nitrogen and oxygen atoms in total. The SMILES string of the molecule is O=C1O[C@H](CBr)CN1c1ccccc1. The van der Waals surface area contributed by atoms with E-state index < -0.39 is 0 Å². The molecule has 1 aromatic rings. The van der Waals surface area contributed by atoms with E-state index in [1.807, 2.05) is 30.3 Å². The van der Waals surface area contributed by atoms with Gasteiger partial charge >= 0.3 is 6.09 Å². The first-order chi connectivity index (χ1) is 6.81. The normalized spacial score (nSPS) is 21.1. The van der Waals surface area contributed by atoms with Crippen LogP contribution >= 0.6 is 15.9 Å². The van der Waals surface area contributed by atoms with Crippen molar-refractivity contribution in [2.45, 2.75) is 6.10 Å². The van der Waals surface area contributed by atoms with E-state index in [2.05, 4.69) is 15.9 Å². The molecule has 1 atom stereocenters. The fourth-order valence-electron chi connectivity index (χ4n) is 1.42. The molecule has 0 radical (unpaired) electrons. The van der Waals surface area contributed by atoms with Crippen LogP contribution in [0.2, 0.25) is 0 Å². The predicted molar refractivity (Wildman–Crippen MR) is 57.9 cm³/mol. The summed E-state index contributed by atoms with van der Waals surface area (Å²) in [5.41, 5.74) is 0.890. The van der Waals surface area contributed by atoms with Crippen LogP contribution < -0.4 is 4.90 Å². The highest BCUT2D eigenvalue weighted by atomic mass is 79.9. The Morgan fingerprint density at radius 1 is 1.43 bits per heavy atom. The largest absolute Gasteiger partial charge is 0.443 e. The maximum absolute atomic E-state index is 11.4. The molecule has 2 rings (SSSR count). The van der Waals surface area contributed by atoms with E-state index in [1.165, 1.54) is 0 Å². The Labute approximate surface area is 90.8 Å². The number of alkyl halides is 1. The maximum atomic E-state index is 11.4. The predicted octanol–water partition coefficient (Wildman–Crippen LogP) is 2.41. The van der Waals surface area contributed by atoms with Crippen LogP contribution in [0.5, 0.6) is 0 Å². The highest BCUT2D eigenvalue weighted by molar-refractivity contribution is 9.09. The van der Waals surface area contributed by atoms with Gasteiger partial charge in [0, 0.05) is 11.0 Å². The van der Waals surface area contributed by atoms with Crippen LogP contribution in [0, 0.1) is 0 Å². The van der Waals surface area contributed by atoms with Crippen LogP contribution in [0.3, 0.4) is 0 Å². The Hall–Kier alpha value is -1.03. The number of carbonyl (C=O) groups is 1. The molecular weight excluding hydrogens is 246 g/mol. The minimum Gasteiger partial charge on any atom is -0.443 e. The Morgan fingerprint density at radius 3 is 2.71 bits per heavy atom. The molecule has 0 bridgehead atoms. The van der Waals surface area contributed by atoms with Crippen LogP contribution in [-0.2, 0) is 4.74 Å². The third kappa shape index (κ3) is 1.75. The van der Waals surface area contributed by atoms with Gasteiger partial charge in [0.15, 0.2) is 0 Å². The van der Waals surface area contributed by atoms with E-state index in [1.54, 1.807) is 4.90 Å². The topological polar surface area (TPSA) is 29.5 Å². The maximum Gasteiger partial charge on any atom is 0.414 e. The van der Waals surface area contributed by atoms with Crippen molar-refractivity contribution in [3.8, 4) is 0 Å². The van der Waals surface area contributed by atoms with Crippen LogP contribution in [0.1, 0.15) is 0 Å². The van der Waals surface area contributed by atoms with Gasteiger partial charge in [-0.2, -0.15) is 0 Å². The first-order valence-corrected chi connectivity index (χ1v) is 5.52. The molecule has 1 heterocycles. The van der Waals surface area contributed by atoms with Crippen molar-refractivity contribution in [3.05, 3.63) is 30.3 Å². The molecule has 0 spiro atoms. The van der Waals surface area contributed by atoms with Crippen molar-refractivity contribution in [1.82, 2.24) is 0 Å². The van der Waals surface area contributed by atoms with E-state index in [0.29, 0.717) is 11.9 Å². The lowest BCUT2D eigenvalue weighted by Crippen LogP contribution is -2.24. The number of halogens is 1. The number of cyclic esters (lactones) is 1. The average molecular weight is 256 g/mol. The zero-order valence-corrected chi connectivity index (χ0v) is 9.11. The second kappa shape index (κ2) is 4.00. The molecule has 1 saturated heterocycles. The summed E-state index contributed by atoms with van der Waals surface area (Å²) in [6, 6.07) is 9.54. The van der Waals surface area contributed by atoms with Crippen LogP contribution in [0.25, 0.3) is 0 Å². The number of hydrogen-bond donors (Lipinski definition) is 0. The summed E-state index contributed by atoms with van der Waals surface area (Å²) >= 11 is 3.30. The van der Waals surface area contributed by atoms with Crippen molar-refractivity contribution in [2.24, 2.45) is 0 Å². The van der Waals surface area contributed by atoms with E-state index in [4.69, 9.17) is 4.74 Å². The average Bonchev–Trinajstić information content (AvgIpc) is 2.61. The number of hydrogen-bond acceptors (Lipinski definition) is 2. The van der Waals surface area contributed by atoms with Crippen molar-refractivity contribution in [1.29, 1.82) is 0 Å². The summed E-state index contributed by atoms with van der Waals surface area (Å²) < 4.78 is 5.12.